The number of aryl methyl sites for hydroxylation is 2. The molecule has 2 heterocycles. The maximum Gasteiger partial charge on any atom is 0.270 e. The van der Waals surface area contributed by atoms with Crippen molar-refractivity contribution in [2.45, 2.75) is 19.9 Å². The summed E-state index contributed by atoms with van der Waals surface area (Å²) >= 11 is 0. The van der Waals surface area contributed by atoms with Gasteiger partial charge < -0.3 is 19.4 Å². The Kier molecular flexibility index (Phi) is 4.00. The summed E-state index contributed by atoms with van der Waals surface area (Å²) in [5.41, 5.74) is 2.27. The fourth-order valence-electron chi connectivity index (χ4n) is 2.46. The van der Waals surface area contributed by atoms with Gasteiger partial charge in [0, 0.05) is 20.0 Å². The number of amides is 1. The van der Waals surface area contributed by atoms with Crippen molar-refractivity contribution in [3.05, 3.63) is 41.5 Å². The van der Waals surface area contributed by atoms with Gasteiger partial charge in [0.15, 0.2) is 11.5 Å². The van der Waals surface area contributed by atoms with Gasteiger partial charge >= 0.3 is 0 Å². The molecule has 1 aliphatic heterocycles. The van der Waals surface area contributed by atoms with Gasteiger partial charge in [0.05, 0.1) is 25.2 Å². The first-order valence-electron chi connectivity index (χ1n) is 7.30. The summed E-state index contributed by atoms with van der Waals surface area (Å²) in [7, 11) is 1.81. The highest BCUT2D eigenvalue weighted by Gasteiger charge is 2.15. The lowest BCUT2D eigenvalue weighted by Crippen LogP contribution is -2.25. The smallest absolute Gasteiger partial charge is 0.270 e. The zero-order valence-electron chi connectivity index (χ0n) is 12.8. The molecule has 1 aliphatic rings. The van der Waals surface area contributed by atoms with Crippen LogP contribution in [0.4, 0.5) is 0 Å². The van der Waals surface area contributed by atoms with Crippen LogP contribution in [0.25, 0.3) is 0 Å². The first-order valence-corrected chi connectivity index (χ1v) is 7.30. The molecule has 0 radical (unpaired) electrons. The minimum atomic E-state index is -0.135. The Morgan fingerprint density at radius 1 is 1.32 bits per heavy atom. The molecule has 1 amide bonds. The van der Waals surface area contributed by atoms with Gasteiger partial charge in [-0.1, -0.05) is 6.07 Å². The Morgan fingerprint density at radius 2 is 2.09 bits per heavy atom. The molecule has 1 N–H and O–H groups in total. The number of rotatable bonds is 3. The molecule has 0 saturated heterocycles. The Bertz CT molecular complexity index is 674. The van der Waals surface area contributed by atoms with E-state index in [-0.39, 0.29) is 5.91 Å². The first kappa shape index (κ1) is 14.4. The van der Waals surface area contributed by atoms with Gasteiger partial charge in [-0.3, -0.25) is 4.79 Å². The highest BCUT2D eigenvalue weighted by molar-refractivity contribution is 5.93. The second-order valence-corrected chi connectivity index (χ2v) is 5.30. The summed E-state index contributed by atoms with van der Waals surface area (Å²) < 4.78 is 13.0. The van der Waals surface area contributed by atoms with Crippen LogP contribution in [0.15, 0.2) is 24.5 Å². The maximum absolute atomic E-state index is 12.2. The predicted molar refractivity (Wildman–Crippen MR) is 81.2 cm³/mol. The number of fused-ring (bicyclic) bond motifs is 1. The van der Waals surface area contributed by atoms with Crippen molar-refractivity contribution in [1.29, 1.82) is 0 Å². The van der Waals surface area contributed by atoms with Gasteiger partial charge in [0.25, 0.3) is 5.91 Å². The third kappa shape index (κ3) is 2.90. The van der Waals surface area contributed by atoms with Crippen LogP contribution in [-0.4, -0.2) is 28.7 Å². The van der Waals surface area contributed by atoms with Crippen LogP contribution in [0.1, 0.15) is 28.2 Å². The van der Waals surface area contributed by atoms with E-state index >= 15 is 0 Å². The molecule has 0 atom stereocenters. The molecule has 3 rings (SSSR count). The fraction of sp³-hybridized carbons (Fsp3) is 0.375. The van der Waals surface area contributed by atoms with Crippen molar-refractivity contribution in [3.8, 4) is 11.5 Å². The molecule has 2 aromatic rings. The third-order valence-corrected chi connectivity index (χ3v) is 3.60. The van der Waals surface area contributed by atoms with Crippen molar-refractivity contribution in [2.24, 2.45) is 7.05 Å². The van der Waals surface area contributed by atoms with Gasteiger partial charge in [-0.15, -0.1) is 0 Å². The highest BCUT2D eigenvalue weighted by Crippen LogP contribution is 2.30. The Labute approximate surface area is 129 Å². The van der Waals surface area contributed by atoms with Gasteiger partial charge in [0.1, 0.15) is 5.69 Å². The number of nitrogens with zero attached hydrogens (tertiary/aromatic N) is 2. The standard InChI is InChI=1S/C16H19N3O3/c1-11-15(19(2)10-18-11)16(20)17-9-12-4-5-13-14(8-12)22-7-3-6-21-13/h4-5,8,10H,3,6-7,9H2,1-2H3,(H,17,20). The van der Waals surface area contributed by atoms with E-state index in [1.165, 1.54) is 0 Å². The monoisotopic (exact) mass is 301 g/mol. The van der Waals surface area contributed by atoms with Gasteiger partial charge in [-0.2, -0.15) is 0 Å². The maximum atomic E-state index is 12.2. The van der Waals surface area contributed by atoms with Crippen molar-refractivity contribution >= 4 is 5.91 Å². The molecule has 0 bridgehead atoms. The summed E-state index contributed by atoms with van der Waals surface area (Å²) in [5, 5.41) is 2.91. The molecule has 22 heavy (non-hydrogen) atoms. The Balaban J connectivity index is 1.69. The third-order valence-electron chi connectivity index (χ3n) is 3.60. The van der Waals surface area contributed by atoms with Crippen molar-refractivity contribution < 1.29 is 14.3 Å². The van der Waals surface area contributed by atoms with E-state index in [9.17, 15) is 4.79 Å². The van der Waals surface area contributed by atoms with Crippen molar-refractivity contribution in [3.63, 3.8) is 0 Å². The van der Waals surface area contributed by atoms with E-state index in [1.807, 2.05) is 32.2 Å². The van der Waals surface area contributed by atoms with Crippen LogP contribution in [0.3, 0.4) is 0 Å². The molecular weight excluding hydrogens is 282 g/mol. The largest absolute Gasteiger partial charge is 0.490 e. The van der Waals surface area contributed by atoms with Crippen LogP contribution in [0, 0.1) is 6.92 Å². The average molecular weight is 301 g/mol. The SMILES string of the molecule is Cc1ncn(C)c1C(=O)NCc1ccc2c(c1)OCCCO2. The van der Waals surface area contributed by atoms with E-state index in [2.05, 4.69) is 10.3 Å². The summed E-state index contributed by atoms with van der Waals surface area (Å²) in [5.74, 6) is 1.36. The highest BCUT2D eigenvalue weighted by atomic mass is 16.5. The lowest BCUT2D eigenvalue weighted by molar-refractivity contribution is 0.0942. The van der Waals surface area contributed by atoms with E-state index in [4.69, 9.17) is 9.47 Å². The van der Waals surface area contributed by atoms with Crippen molar-refractivity contribution in [1.82, 2.24) is 14.9 Å². The first-order chi connectivity index (χ1) is 10.6. The molecule has 0 saturated carbocycles. The summed E-state index contributed by atoms with van der Waals surface area (Å²) in [6.45, 7) is 3.57. The number of carbonyl (C=O) groups is 1. The summed E-state index contributed by atoms with van der Waals surface area (Å²) in [6.07, 6.45) is 2.51. The molecule has 0 spiro atoms. The number of aromatic nitrogens is 2. The summed E-state index contributed by atoms with van der Waals surface area (Å²) in [4.78, 5) is 16.4. The number of hydrogen-bond donors (Lipinski definition) is 1. The van der Waals surface area contributed by atoms with Gasteiger partial charge in [-0.05, 0) is 24.6 Å². The Hall–Kier alpha value is -2.50. The molecule has 116 valence electrons. The van der Waals surface area contributed by atoms with Gasteiger partial charge in [-0.25, -0.2) is 4.98 Å². The second kappa shape index (κ2) is 6.09. The van der Waals surface area contributed by atoms with Crippen LogP contribution in [-0.2, 0) is 13.6 Å². The number of carbonyl (C=O) groups excluding carboxylic acids is 1. The van der Waals surface area contributed by atoms with E-state index in [0.29, 0.717) is 25.5 Å². The van der Waals surface area contributed by atoms with Crippen LogP contribution in [0.5, 0.6) is 11.5 Å². The lowest BCUT2D eigenvalue weighted by atomic mass is 10.2. The topological polar surface area (TPSA) is 65.4 Å². The molecule has 1 aromatic carbocycles. The van der Waals surface area contributed by atoms with Crippen LogP contribution < -0.4 is 14.8 Å². The zero-order valence-corrected chi connectivity index (χ0v) is 12.8. The quantitative estimate of drug-likeness (QED) is 0.939. The molecule has 0 fully saturated rings. The average Bonchev–Trinajstić information content (AvgIpc) is 2.73. The molecular formula is C16H19N3O3. The normalized spacial score (nSPS) is 13.5. The van der Waals surface area contributed by atoms with E-state index < -0.39 is 0 Å². The molecule has 6 nitrogen and oxygen atoms in total. The summed E-state index contributed by atoms with van der Waals surface area (Å²) in [6, 6.07) is 5.73. The number of benzene rings is 1. The Morgan fingerprint density at radius 3 is 2.82 bits per heavy atom. The zero-order chi connectivity index (χ0) is 15.5. The number of nitrogens with one attached hydrogen (secondary N) is 1. The van der Waals surface area contributed by atoms with Gasteiger partial charge in [0.2, 0.25) is 0 Å². The van der Waals surface area contributed by atoms with Crippen molar-refractivity contribution in [2.75, 3.05) is 13.2 Å². The van der Waals surface area contributed by atoms with Crippen LogP contribution in [0.2, 0.25) is 0 Å². The molecule has 6 heteroatoms. The molecule has 0 aliphatic carbocycles. The second-order valence-electron chi connectivity index (χ2n) is 5.30. The minimum absolute atomic E-state index is 0.135. The van der Waals surface area contributed by atoms with E-state index in [1.54, 1.807) is 10.9 Å². The lowest BCUT2D eigenvalue weighted by Gasteiger charge is -2.10. The van der Waals surface area contributed by atoms with Crippen LogP contribution >= 0.6 is 0 Å². The number of imidazole rings is 1. The predicted octanol–water partition coefficient (Wildman–Crippen LogP) is 1.82. The molecule has 1 aromatic heterocycles. The number of ether oxygens (including phenoxy) is 2. The molecule has 0 unspecified atom stereocenters. The number of hydrogen-bond acceptors (Lipinski definition) is 4. The van der Waals surface area contributed by atoms with E-state index in [0.717, 1.165) is 29.2 Å². The fourth-order valence-corrected chi connectivity index (χ4v) is 2.46. The minimum Gasteiger partial charge on any atom is -0.490 e.